The summed E-state index contributed by atoms with van der Waals surface area (Å²) in [6.45, 7) is 5.23. The Balaban J connectivity index is 2.16. The zero-order valence-electron chi connectivity index (χ0n) is 11.7. The van der Waals surface area contributed by atoms with E-state index in [1.165, 1.54) is 12.0 Å². The number of hydrogen-bond acceptors (Lipinski definition) is 3. The second-order valence-corrected chi connectivity index (χ2v) is 4.64. The quantitative estimate of drug-likeness (QED) is 0.850. The van der Waals surface area contributed by atoms with Gasteiger partial charge in [0.15, 0.2) is 0 Å². The molecule has 2 aromatic rings. The van der Waals surface area contributed by atoms with Gasteiger partial charge < -0.3 is 5.32 Å². The lowest BCUT2D eigenvalue weighted by molar-refractivity contribution is 0.922. The second-order valence-electron chi connectivity index (χ2n) is 4.64. The first-order valence-electron chi connectivity index (χ1n) is 6.99. The smallest absolute Gasteiger partial charge is 0.223 e. The van der Waals surface area contributed by atoms with Gasteiger partial charge in [-0.05, 0) is 24.5 Å². The number of anilines is 1. The van der Waals surface area contributed by atoms with Gasteiger partial charge in [0.1, 0.15) is 0 Å². The molecule has 0 aliphatic heterocycles. The highest BCUT2D eigenvalue weighted by Gasteiger charge is 2.02. The summed E-state index contributed by atoms with van der Waals surface area (Å²) in [4.78, 5) is 8.76. The van der Waals surface area contributed by atoms with Crippen LogP contribution < -0.4 is 5.32 Å². The molecule has 0 amide bonds. The third-order valence-electron chi connectivity index (χ3n) is 2.98. The predicted molar refractivity (Wildman–Crippen MR) is 80.2 cm³/mol. The van der Waals surface area contributed by atoms with Gasteiger partial charge in [0.2, 0.25) is 5.95 Å². The average Bonchev–Trinajstić information content (AvgIpc) is 2.46. The molecular formula is C16H21N3. The Kier molecular flexibility index (Phi) is 4.90. The number of nitrogens with zero attached hydrogens (tertiary/aromatic N) is 2. The van der Waals surface area contributed by atoms with Crippen molar-refractivity contribution in [3.63, 3.8) is 0 Å². The first kappa shape index (κ1) is 13.5. The lowest BCUT2D eigenvalue weighted by Crippen LogP contribution is -2.04. The van der Waals surface area contributed by atoms with Crippen molar-refractivity contribution >= 4 is 5.95 Å². The van der Waals surface area contributed by atoms with Gasteiger partial charge in [-0.1, -0.05) is 44.5 Å². The lowest BCUT2D eigenvalue weighted by atomic mass is 10.1. The number of aromatic nitrogens is 2. The van der Waals surface area contributed by atoms with Crippen LogP contribution in [0, 0.1) is 0 Å². The van der Waals surface area contributed by atoms with Crippen LogP contribution in [0.5, 0.6) is 0 Å². The zero-order chi connectivity index (χ0) is 13.5. The molecule has 0 bridgehead atoms. The topological polar surface area (TPSA) is 37.8 Å². The van der Waals surface area contributed by atoms with E-state index in [0.717, 1.165) is 30.6 Å². The summed E-state index contributed by atoms with van der Waals surface area (Å²) in [5, 5.41) is 3.21. The van der Waals surface area contributed by atoms with Gasteiger partial charge in [-0.15, -0.1) is 0 Å². The van der Waals surface area contributed by atoms with Crippen LogP contribution in [-0.4, -0.2) is 16.5 Å². The van der Waals surface area contributed by atoms with Crippen LogP contribution in [0.4, 0.5) is 5.95 Å². The minimum atomic E-state index is 0.706. The summed E-state index contributed by atoms with van der Waals surface area (Å²) in [6.07, 6.45) is 5.19. The molecule has 1 aromatic carbocycles. The van der Waals surface area contributed by atoms with Crippen LogP contribution in [0.2, 0.25) is 0 Å². The fourth-order valence-electron chi connectivity index (χ4n) is 1.97. The SMILES string of the molecule is CCCNc1nccc(-c2ccc(CCC)cc2)n1. The highest BCUT2D eigenvalue weighted by molar-refractivity contribution is 5.60. The lowest BCUT2D eigenvalue weighted by Gasteiger charge is -2.06. The van der Waals surface area contributed by atoms with E-state index < -0.39 is 0 Å². The maximum atomic E-state index is 4.53. The van der Waals surface area contributed by atoms with Crippen molar-refractivity contribution < 1.29 is 0 Å². The molecule has 0 spiro atoms. The van der Waals surface area contributed by atoms with Gasteiger partial charge >= 0.3 is 0 Å². The Labute approximate surface area is 115 Å². The average molecular weight is 255 g/mol. The van der Waals surface area contributed by atoms with E-state index in [4.69, 9.17) is 0 Å². The number of hydrogen-bond donors (Lipinski definition) is 1. The van der Waals surface area contributed by atoms with E-state index in [0.29, 0.717) is 5.95 Å². The number of nitrogens with one attached hydrogen (secondary N) is 1. The van der Waals surface area contributed by atoms with Crippen LogP contribution in [0.25, 0.3) is 11.3 Å². The van der Waals surface area contributed by atoms with Gasteiger partial charge in [0, 0.05) is 18.3 Å². The summed E-state index contributed by atoms with van der Waals surface area (Å²) in [7, 11) is 0. The minimum Gasteiger partial charge on any atom is -0.354 e. The Morgan fingerprint density at radius 2 is 1.79 bits per heavy atom. The predicted octanol–water partition coefficient (Wildman–Crippen LogP) is 3.92. The molecule has 3 heteroatoms. The molecule has 1 N–H and O–H groups in total. The first-order valence-corrected chi connectivity index (χ1v) is 6.99. The molecule has 1 aromatic heterocycles. The molecule has 100 valence electrons. The van der Waals surface area contributed by atoms with Crippen molar-refractivity contribution in [2.75, 3.05) is 11.9 Å². The molecule has 0 aliphatic rings. The monoisotopic (exact) mass is 255 g/mol. The van der Waals surface area contributed by atoms with Crippen LogP contribution in [-0.2, 0) is 6.42 Å². The Morgan fingerprint density at radius 1 is 1.00 bits per heavy atom. The van der Waals surface area contributed by atoms with Crippen molar-refractivity contribution in [1.82, 2.24) is 9.97 Å². The molecule has 0 fully saturated rings. The van der Waals surface area contributed by atoms with E-state index in [9.17, 15) is 0 Å². The molecule has 0 saturated heterocycles. The Bertz CT molecular complexity index is 506. The summed E-state index contributed by atoms with van der Waals surface area (Å²) in [6, 6.07) is 10.6. The maximum Gasteiger partial charge on any atom is 0.223 e. The van der Waals surface area contributed by atoms with Gasteiger partial charge in [0.25, 0.3) is 0 Å². The van der Waals surface area contributed by atoms with Gasteiger partial charge in [-0.2, -0.15) is 0 Å². The molecule has 1 heterocycles. The van der Waals surface area contributed by atoms with Gasteiger partial charge in [0.05, 0.1) is 5.69 Å². The van der Waals surface area contributed by atoms with Crippen LogP contribution in [0.15, 0.2) is 36.5 Å². The van der Waals surface area contributed by atoms with Crippen molar-refractivity contribution in [1.29, 1.82) is 0 Å². The van der Waals surface area contributed by atoms with E-state index >= 15 is 0 Å². The number of aryl methyl sites for hydroxylation is 1. The largest absolute Gasteiger partial charge is 0.354 e. The summed E-state index contributed by atoms with van der Waals surface area (Å²) in [5.74, 6) is 0.706. The normalized spacial score (nSPS) is 10.4. The number of rotatable bonds is 6. The molecule has 0 saturated carbocycles. The highest BCUT2D eigenvalue weighted by Crippen LogP contribution is 2.18. The Morgan fingerprint density at radius 3 is 2.47 bits per heavy atom. The van der Waals surface area contributed by atoms with Gasteiger partial charge in [-0.25, -0.2) is 9.97 Å². The minimum absolute atomic E-state index is 0.706. The van der Waals surface area contributed by atoms with Gasteiger partial charge in [-0.3, -0.25) is 0 Å². The highest BCUT2D eigenvalue weighted by atomic mass is 15.1. The number of benzene rings is 1. The fraction of sp³-hybridized carbons (Fsp3) is 0.375. The summed E-state index contributed by atoms with van der Waals surface area (Å²) in [5.41, 5.74) is 3.49. The molecule has 19 heavy (non-hydrogen) atoms. The second kappa shape index (κ2) is 6.88. The third-order valence-corrected chi connectivity index (χ3v) is 2.98. The zero-order valence-corrected chi connectivity index (χ0v) is 11.7. The first-order chi connectivity index (χ1) is 9.33. The van der Waals surface area contributed by atoms with Crippen LogP contribution in [0.3, 0.4) is 0 Å². The van der Waals surface area contributed by atoms with E-state index in [2.05, 4.69) is 53.4 Å². The van der Waals surface area contributed by atoms with Crippen LogP contribution in [0.1, 0.15) is 32.3 Å². The standard InChI is InChI=1S/C16H21N3/c1-3-5-13-6-8-14(9-7-13)15-10-12-18-16(19-15)17-11-4-2/h6-10,12H,3-5,11H2,1-2H3,(H,17,18,19). The molecule has 0 radical (unpaired) electrons. The molecule has 2 rings (SSSR count). The van der Waals surface area contributed by atoms with Crippen molar-refractivity contribution in [3.8, 4) is 11.3 Å². The van der Waals surface area contributed by atoms with E-state index in [1.54, 1.807) is 6.20 Å². The summed E-state index contributed by atoms with van der Waals surface area (Å²) < 4.78 is 0. The van der Waals surface area contributed by atoms with Crippen LogP contribution >= 0.6 is 0 Å². The fourth-order valence-corrected chi connectivity index (χ4v) is 1.97. The molecule has 0 aliphatic carbocycles. The third kappa shape index (κ3) is 3.78. The van der Waals surface area contributed by atoms with E-state index in [1.807, 2.05) is 6.07 Å². The molecule has 3 nitrogen and oxygen atoms in total. The van der Waals surface area contributed by atoms with Crippen molar-refractivity contribution in [2.45, 2.75) is 33.1 Å². The maximum absolute atomic E-state index is 4.53. The Hall–Kier alpha value is -1.90. The van der Waals surface area contributed by atoms with Crippen molar-refractivity contribution in [3.05, 3.63) is 42.1 Å². The van der Waals surface area contributed by atoms with E-state index in [-0.39, 0.29) is 0 Å². The molecule has 0 atom stereocenters. The molecule has 0 unspecified atom stereocenters. The molecular weight excluding hydrogens is 234 g/mol. The summed E-state index contributed by atoms with van der Waals surface area (Å²) >= 11 is 0. The van der Waals surface area contributed by atoms with Crippen molar-refractivity contribution in [2.24, 2.45) is 0 Å².